The molecule has 0 bridgehead atoms. The molecule has 0 radical (unpaired) electrons. The number of alkyl halides is 3. The van der Waals surface area contributed by atoms with Crippen LogP contribution in [0.1, 0.15) is 19.3 Å². The Morgan fingerprint density at radius 2 is 2.09 bits per heavy atom. The molecule has 0 spiro atoms. The number of hydrazone groups is 1. The summed E-state index contributed by atoms with van der Waals surface area (Å²) in [4.78, 5) is 12.3. The average Bonchev–Trinajstić information content (AvgIpc) is 2.80. The van der Waals surface area contributed by atoms with Crippen LogP contribution in [0.5, 0.6) is 0 Å². The minimum Gasteiger partial charge on any atom is -0.362 e. The summed E-state index contributed by atoms with van der Waals surface area (Å²) in [6.07, 6.45) is -3.51. The first-order valence-electron chi connectivity index (χ1n) is 6.57. The maximum atomic E-state index is 13.0. The molecule has 2 aliphatic rings. The van der Waals surface area contributed by atoms with Crippen molar-refractivity contribution in [1.82, 2.24) is 9.31 Å². The first-order chi connectivity index (χ1) is 9.97. The second-order valence-corrected chi connectivity index (χ2v) is 7.41. The fourth-order valence-corrected chi connectivity index (χ4v) is 3.44. The highest BCUT2D eigenvalue weighted by atomic mass is 32.2. The zero-order valence-electron chi connectivity index (χ0n) is 11.7. The SMILES string of the molecule is CS(=O)(=O)N1CCC[C@@H](C(=O)N2N=CC[C@@]2(O)C(F)(F)F)C1. The number of carbonyl (C=O) groups excluding carboxylic acids is 1. The molecule has 1 N–H and O–H groups in total. The Kier molecular flexibility index (Phi) is 4.26. The Balaban J connectivity index is 2.19. The molecule has 0 aromatic rings. The van der Waals surface area contributed by atoms with Gasteiger partial charge in [0.15, 0.2) is 0 Å². The van der Waals surface area contributed by atoms with Gasteiger partial charge in [0, 0.05) is 25.7 Å². The molecule has 2 aliphatic heterocycles. The minimum atomic E-state index is -5.05. The Bertz CT molecular complexity index is 592. The Morgan fingerprint density at radius 1 is 1.45 bits per heavy atom. The van der Waals surface area contributed by atoms with E-state index >= 15 is 0 Å². The molecule has 0 aromatic heterocycles. The summed E-state index contributed by atoms with van der Waals surface area (Å²) in [6, 6.07) is 0. The van der Waals surface area contributed by atoms with Crippen LogP contribution in [0.4, 0.5) is 13.2 Å². The van der Waals surface area contributed by atoms with Crippen LogP contribution in [-0.2, 0) is 14.8 Å². The highest BCUT2D eigenvalue weighted by Gasteiger charge is 2.62. The third-order valence-electron chi connectivity index (χ3n) is 3.79. The Morgan fingerprint density at radius 3 is 2.64 bits per heavy atom. The molecule has 1 amide bonds. The smallest absolute Gasteiger partial charge is 0.362 e. The van der Waals surface area contributed by atoms with E-state index in [0.717, 1.165) is 16.8 Å². The largest absolute Gasteiger partial charge is 0.438 e. The van der Waals surface area contributed by atoms with Crippen LogP contribution in [0, 0.1) is 5.92 Å². The van der Waals surface area contributed by atoms with Gasteiger partial charge in [-0.3, -0.25) is 4.79 Å². The summed E-state index contributed by atoms with van der Waals surface area (Å²) >= 11 is 0. The third-order valence-corrected chi connectivity index (χ3v) is 5.06. The van der Waals surface area contributed by atoms with E-state index in [0.29, 0.717) is 6.42 Å². The highest BCUT2D eigenvalue weighted by Crippen LogP contribution is 2.39. The van der Waals surface area contributed by atoms with Crippen LogP contribution in [0.15, 0.2) is 5.10 Å². The number of piperidine rings is 1. The molecule has 2 rings (SSSR count). The molecule has 0 aliphatic carbocycles. The van der Waals surface area contributed by atoms with Crippen LogP contribution in [0.25, 0.3) is 0 Å². The van der Waals surface area contributed by atoms with E-state index in [4.69, 9.17) is 0 Å². The molecule has 0 unspecified atom stereocenters. The number of hydrogen-bond acceptors (Lipinski definition) is 5. The van der Waals surface area contributed by atoms with E-state index in [1.54, 1.807) is 0 Å². The highest BCUT2D eigenvalue weighted by molar-refractivity contribution is 7.88. The molecule has 0 aromatic carbocycles. The van der Waals surface area contributed by atoms with Crippen LogP contribution in [0.2, 0.25) is 0 Å². The predicted octanol–water partition coefficient (Wildman–Crippen LogP) is 0.127. The normalized spacial score (nSPS) is 30.8. The maximum Gasteiger partial charge on any atom is 0.438 e. The molecular formula is C11H16F3N3O4S. The van der Waals surface area contributed by atoms with Crippen molar-refractivity contribution in [3.63, 3.8) is 0 Å². The van der Waals surface area contributed by atoms with E-state index in [2.05, 4.69) is 5.10 Å². The van der Waals surface area contributed by atoms with Gasteiger partial charge in [-0.15, -0.1) is 0 Å². The number of halogens is 3. The van der Waals surface area contributed by atoms with Crippen molar-refractivity contribution in [2.75, 3.05) is 19.3 Å². The van der Waals surface area contributed by atoms with Gasteiger partial charge in [0.05, 0.1) is 12.2 Å². The average molecular weight is 343 g/mol. The molecular weight excluding hydrogens is 327 g/mol. The molecule has 126 valence electrons. The predicted molar refractivity (Wildman–Crippen MR) is 70.1 cm³/mol. The Labute approximate surface area is 125 Å². The monoisotopic (exact) mass is 343 g/mol. The molecule has 7 nitrogen and oxygen atoms in total. The number of nitrogens with zero attached hydrogens (tertiary/aromatic N) is 3. The molecule has 1 fully saturated rings. The maximum absolute atomic E-state index is 13.0. The third kappa shape index (κ3) is 2.97. The van der Waals surface area contributed by atoms with Gasteiger partial charge < -0.3 is 5.11 Å². The lowest BCUT2D eigenvalue weighted by Gasteiger charge is -2.37. The summed E-state index contributed by atoms with van der Waals surface area (Å²) in [6.45, 7) is 0.00699. The second-order valence-electron chi connectivity index (χ2n) is 5.43. The number of sulfonamides is 1. The lowest BCUT2D eigenvalue weighted by Crippen LogP contribution is -2.58. The standard InChI is InChI=1S/C11H16F3N3O4S/c1-22(20,21)16-6-2-3-8(7-16)9(18)17-10(19,4-5-15-17)11(12,13)14/h5,8,19H,2-4,6-7H2,1H3/t8-,10-/m1/s1. The zero-order chi connectivity index (χ0) is 16.8. The van der Waals surface area contributed by atoms with Gasteiger partial charge >= 0.3 is 6.18 Å². The van der Waals surface area contributed by atoms with Gasteiger partial charge in [-0.2, -0.15) is 23.3 Å². The van der Waals surface area contributed by atoms with Gasteiger partial charge in [0.1, 0.15) is 0 Å². The van der Waals surface area contributed by atoms with Crippen molar-refractivity contribution in [2.45, 2.75) is 31.2 Å². The molecule has 1 saturated heterocycles. The number of hydrogen-bond donors (Lipinski definition) is 1. The lowest BCUT2D eigenvalue weighted by molar-refractivity contribution is -0.303. The van der Waals surface area contributed by atoms with Gasteiger partial charge in [0.2, 0.25) is 15.9 Å². The number of carbonyl (C=O) groups is 1. The second kappa shape index (κ2) is 5.46. The van der Waals surface area contributed by atoms with E-state index in [1.165, 1.54) is 0 Å². The molecule has 22 heavy (non-hydrogen) atoms. The van der Waals surface area contributed by atoms with E-state index in [-0.39, 0.29) is 24.5 Å². The van der Waals surface area contributed by atoms with Crippen LogP contribution < -0.4 is 0 Å². The summed E-state index contributed by atoms with van der Waals surface area (Å²) in [5, 5.41) is 13.1. The molecule has 11 heteroatoms. The van der Waals surface area contributed by atoms with Crippen molar-refractivity contribution in [1.29, 1.82) is 0 Å². The number of rotatable bonds is 2. The number of amides is 1. The fraction of sp³-hybridized carbons (Fsp3) is 0.818. The zero-order valence-corrected chi connectivity index (χ0v) is 12.6. The first kappa shape index (κ1) is 17.2. The Hall–Kier alpha value is -1.20. The first-order valence-corrected chi connectivity index (χ1v) is 8.42. The van der Waals surface area contributed by atoms with Gasteiger partial charge in [-0.05, 0) is 12.8 Å². The topological polar surface area (TPSA) is 90.3 Å². The fourth-order valence-electron chi connectivity index (χ4n) is 2.52. The lowest BCUT2D eigenvalue weighted by atomic mass is 9.97. The number of aliphatic hydroxyl groups is 1. The minimum absolute atomic E-state index is 0.0312. The van der Waals surface area contributed by atoms with Crippen LogP contribution >= 0.6 is 0 Å². The van der Waals surface area contributed by atoms with Crippen LogP contribution in [0.3, 0.4) is 0 Å². The van der Waals surface area contributed by atoms with Crippen LogP contribution in [-0.4, -0.2) is 66.2 Å². The van der Waals surface area contributed by atoms with Crippen molar-refractivity contribution in [3.05, 3.63) is 0 Å². The van der Waals surface area contributed by atoms with Gasteiger partial charge in [-0.25, -0.2) is 12.7 Å². The van der Waals surface area contributed by atoms with Crippen molar-refractivity contribution < 1.29 is 31.5 Å². The quantitative estimate of drug-likeness (QED) is 0.771. The molecule has 2 heterocycles. The van der Waals surface area contributed by atoms with E-state index in [9.17, 15) is 31.5 Å². The van der Waals surface area contributed by atoms with Gasteiger partial charge in [-0.1, -0.05) is 0 Å². The summed E-state index contributed by atoms with van der Waals surface area (Å²) < 4.78 is 62.9. The summed E-state index contributed by atoms with van der Waals surface area (Å²) in [7, 11) is -3.53. The van der Waals surface area contributed by atoms with E-state index in [1.807, 2.05) is 0 Å². The van der Waals surface area contributed by atoms with Gasteiger partial charge in [0.25, 0.3) is 5.72 Å². The molecule has 2 atom stereocenters. The van der Waals surface area contributed by atoms with Crippen molar-refractivity contribution in [2.24, 2.45) is 11.0 Å². The van der Waals surface area contributed by atoms with Crippen molar-refractivity contribution in [3.8, 4) is 0 Å². The van der Waals surface area contributed by atoms with E-state index < -0.39 is 40.2 Å². The summed E-state index contributed by atoms with van der Waals surface area (Å²) in [5.74, 6) is -1.99. The summed E-state index contributed by atoms with van der Waals surface area (Å²) in [5.41, 5.74) is -3.36. The molecule has 0 saturated carbocycles. The van der Waals surface area contributed by atoms with Crippen molar-refractivity contribution >= 4 is 22.1 Å².